The first kappa shape index (κ1) is 26.9. The van der Waals surface area contributed by atoms with Crippen LogP contribution in [0.4, 0.5) is 5.69 Å². The first-order chi connectivity index (χ1) is 19.5. The van der Waals surface area contributed by atoms with E-state index in [-0.39, 0.29) is 17.7 Å². The quantitative estimate of drug-likeness (QED) is 0.262. The topological polar surface area (TPSA) is 83.0 Å². The van der Waals surface area contributed by atoms with Gasteiger partial charge in [-0.25, -0.2) is 0 Å². The van der Waals surface area contributed by atoms with Crippen LogP contribution in [0.25, 0.3) is 10.8 Å². The van der Waals surface area contributed by atoms with Crippen molar-refractivity contribution in [3.63, 3.8) is 0 Å². The molecule has 0 saturated heterocycles. The van der Waals surface area contributed by atoms with Gasteiger partial charge in [-0.05, 0) is 53.1 Å². The van der Waals surface area contributed by atoms with E-state index >= 15 is 0 Å². The number of aromatic amines is 1. The lowest BCUT2D eigenvalue weighted by molar-refractivity contribution is 0.0711. The Morgan fingerprint density at radius 3 is 2.55 bits per heavy atom. The molecule has 1 aliphatic heterocycles. The Balaban J connectivity index is 0.00000158. The van der Waals surface area contributed by atoms with Crippen molar-refractivity contribution >= 4 is 28.3 Å². The van der Waals surface area contributed by atoms with Gasteiger partial charge in [0, 0.05) is 35.6 Å². The number of benzene rings is 3. The number of aryl methyl sites for hydroxylation is 1. The van der Waals surface area contributed by atoms with Gasteiger partial charge in [-0.15, -0.1) is 0 Å². The largest absolute Gasteiger partial charge is 0.357 e. The van der Waals surface area contributed by atoms with Gasteiger partial charge in [-0.1, -0.05) is 75.4 Å². The molecule has 204 valence electrons. The average molecular weight is 534 g/mol. The van der Waals surface area contributed by atoms with Crippen LogP contribution < -0.4 is 5.32 Å². The van der Waals surface area contributed by atoms with Gasteiger partial charge in [0.1, 0.15) is 5.69 Å². The van der Waals surface area contributed by atoms with Gasteiger partial charge in [-0.3, -0.25) is 14.3 Å². The van der Waals surface area contributed by atoms with E-state index in [0.29, 0.717) is 31.0 Å². The molecule has 0 radical (unpaired) electrons. The monoisotopic (exact) mass is 533 g/mol. The van der Waals surface area contributed by atoms with E-state index in [9.17, 15) is 9.59 Å². The zero-order chi connectivity index (χ0) is 28.2. The number of carbonyl (C=O) groups is 2. The van der Waals surface area contributed by atoms with Gasteiger partial charge in [-0.2, -0.15) is 5.10 Å². The molecule has 3 aromatic carbocycles. The smallest absolute Gasteiger partial charge is 0.276 e. The Morgan fingerprint density at radius 2 is 1.77 bits per heavy atom. The molecule has 0 unspecified atom stereocenters. The molecule has 0 bridgehead atoms. The Morgan fingerprint density at radius 1 is 1.00 bits per heavy atom. The van der Waals surface area contributed by atoms with Crippen LogP contribution in [0.5, 0.6) is 0 Å². The lowest BCUT2D eigenvalue weighted by atomic mass is 9.95. The fourth-order valence-corrected chi connectivity index (χ4v) is 5.49. The van der Waals surface area contributed by atoms with Crippen molar-refractivity contribution in [1.29, 1.82) is 0 Å². The zero-order valence-electron chi connectivity index (χ0n) is 23.4. The first-order valence-corrected chi connectivity index (χ1v) is 13.8. The van der Waals surface area contributed by atoms with Crippen LogP contribution >= 0.6 is 0 Å². The molecule has 0 spiro atoms. The maximum atomic E-state index is 13.6. The van der Waals surface area contributed by atoms with Crippen molar-refractivity contribution in [2.75, 3.05) is 11.9 Å². The Hall–Kier alpha value is -4.65. The van der Waals surface area contributed by atoms with Gasteiger partial charge in [0.15, 0.2) is 5.69 Å². The van der Waals surface area contributed by atoms with Crippen molar-refractivity contribution in [2.45, 2.75) is 46.7 Å². The molecule has 1 atom stereocenters. The van der Waals surface area contributed by atoms with E-state index in [1.165, 1.54) is 5.39 Å². The number of hydrogen-bond donors (Lipinski definition) is 2. The summed E-state index contributed by atoms with van der Waals surface area (Å²) in [5.74, 6) is -0.357. The van der Waals surface area contributed by atoms with Crippen molar-refractivity contribution < 1.29 is 9.59 Å². The summed E-state index contributed by atoms with van der Waals surface area (Å²) < 4.78 is 1.96. The van der Waals surface area contributed by atoms with Crippen molar-refractivity contribution in [3.05, 3.63) is 119 Å². The molecule has 2 amide bonds. The van der Waals surface area contributed by atoms with E-state index in [4.69, 9.17) is 5.10 Å². The number of nitrogens with zero attached hydrogens (tertiary/aromatic N) is 3. The second-order valence-electron chi connectivity index (χ2n) is 10.0. The number of H-pyrrole nitrogens is 1. The molecular weight excluding hydrogens is 498 g/mol. The summed E-state index contributed by atoms with van der Waals surface area (Å²) in [7, 11) is 0. The highest BCUT2D eigenvalue weighted by molar-refractivity contribution is 6.04. The van der Waals surface area contributed by atoms with Crippen LogP contribution in [-0.2, 0) is 13.1 Å². The number of anilines is 1. The van der Waals surface area contributed by atoms with Crippen LogP contribution in [0.15, 0.2) is 85.1 Å². The number of aromatic nitrogens is 3. The predicted molar refractivity (Wildman–Crippen MR) is 160 cm³/mol. The fraction of sp³-hybridized carbons (Fsp3) is 0.242. The molecule has 40 heavy (non-hydrogen) atoms. The molecule has 2 aromatic heterocycles. The van der Waals surface area contributed by atoms with E-state index in [2.05, 4.69) is 47.6 Å². The zero-order valence-corrected chi connectivity index (χ0v) is 23.4. The molecule has 5 aromatic rings. The SMILES string of the molecule is CC.Cc1cccc(NC(=O)c2nn(Cc3cccc4ccccc34)c3c2CN(C(=O)c2ccc[nH]2)C[C@H]3C)c1. The molecule has 0 fully saturated rings. The molecule has 1 aliphatic rings. The Kier molecular flexibility index (Phi) is 7.82. The third kappa shape index (κ3) is 5.27. The summed E-state index contributed by atoms with van der Waals surface area (Å²) in [6.45, 7) is 9.49. The van der Waals surface area contributed by atoms with Crippen LogP contribution in [-0.4, -0.2) is 38.0 Å². The minimum Gasteiger partial charge on any atom is -0.357 e. The number of nitrogens with one attached hydrogen (secondary N) is 2. The van der Waals surface area contributed by atoms with Crippen LogP contribution in [0.1, 0.15) is 70.1 Å². The number of amides is 2. The minimum atomic E-state index is -0.273. The highest BCUT2D eigenvalue weighted by Gasteiger charge is 2.34. The number of hydrogen-bond acceptors (Lipinski definition) is 3. The van der Waals surface area contributed by atoms with Crippen LogP contribution in [0.3, 0.4) is 0 Å². The van der Waals surface area contributed by atoms with E-state index < -0.39 is 0 Å². The van der Waals surface area contributed by atoms with Crippen molar-refractivity contribution in [3.8, 4) is 0 Å². The van der Waals surface area contributed by atoms with Gasteiger partial charge in [0.05, 0.1) is 13.1 Å². The Labute approximate surface area is 234 Å². The van der Waals surface area contributed by atoms with Gasteiger partial charge in [0.2, 0.25) is 0 Å². The van der Waals surface area contributed by atoms with E-state index in [0.717, 1.165) is 33.5 Å². The Bertz CT molecular complexity index is 1650. The number of fused-ring (bicyclic) bond motifs is 2. The van der Waals surface area contributed by atoms with Gasteiger partial charge in [0.25, 0.3) is 11.8 Å². The van der Waals surface area contributed by atoms with Crippen LogP contribution in [0.2, 0.25) is 0 Å². The summed E-state index contributed by atoms with van der Waals surface area (Å²) in [5, 5.41) is 10.2. The summed E-state index contributed by atoms with van der Waals surface area (Å²) in [6.07, 6.45) is 1.75. The highest BCUT2D eigenvalue weighted by Crippen LogP contribution is 2.33. The number of carbonyl (C=O) groups excluding carboxylic acids is 2. The molecule has 0 aliphatic carbocycles. The highest BCUT2D eigenvalue weighted by atomic mass is 16.2. The van der Waals surface area contributed by atoms with Crippen molar-refractivity contribution in [1.82, 2.24) is 19.7 Å². The average Bonchev–Trinajstić information content (AvgIpc) is 3.63. The molecule has 6 rings (SSSR count). The summed E-state index contributed by atoms with van der Waals surface area (Å²) in [6, 6.07) is 25.9. The third-order valence-corrected chi connectivity index (χ3v) is 7.21. The summed E-state index contributed by atoms with van der Waals surface area (Å²) in [5.41, 5.74) is 5.61. The van der Waals surface area contributed by atoms with Gasteiger partial charge < -0.3 is 15.2 Å². The minimum absolute atomic E-state index is 0.000610. The molecule has 3 heterocycles. The summed E-state index contributed by atoms with van der Waals surface area (Å²) in [4.78, 5) is 31.6. The standard InChI is InChI=1S/C31H29N5O2.C2H6/c1-20-8-5-12-24(16-20)33-30(37)28-26-19-35(31(38)27-14-7-15-32-27)17-21(2)29(26)36(34-28)18-23-11-6-10-22-9-3-4-13-25(22)23;1-2/h3-16,21,32H,17-19H2,1-2H3,(H,33,37);1-2H3/t21-;/m1./s1. The second kappa shape index (κ2) is 11.6. The number of rotatable bonds is 5. The fourth-order valence-electron chi connectivity index (χ4n) is 5.49. The predicted octanol–water partition coefficient (Wildman–Crippen LogP) is 6.76. The third-order valence-electron chi connectivity index (χ3n) is 7.21. The van der Waals surface area contributed by atoms with E-state index in [1.807, 2.05) is 67.9 Å². The van der Waals surface area contributed by atoms with Crippen LogP contribution in [0, 0.1) is 6.92 Å². The molecule has 7 heteroatoms. The van der Waals surface area contributed by atoms with E-state index in [1.54, 1.807) is 17.2 Å². The lowest BCUT2D eigenvalue weighted by Gasteiger charge is -2.32. The van der Waals surface area contributed by atoms with Gasteiger partial charge >= 0.3 is 0 Å². The molecule has 2 N–H and O–H groups in total. The molecule has 7 nitrogen and oxygen atoms in total. The maximum absolute atomic E-state index is 13.6. The lowest BCUT2D eigenvalue weighted by Crippen LogP contribution is -2.38. The van der Waals surface area contributed by atoms with Crippen molar-refractivity contribution in [2.24, 2.45) is 0 Å². The first-order valence-electron chi connectivity index (χ1n) is 13.8. The summed E-state index contributed by atoms with van der Waals surface area (Å²) >= 11 is 0. The molecular formula is C33H35N5O2. The molecule has 0 saturated carbocycles. The second-order valence-corrected chi connectivity index (χ2v) is 10.0. The maximum Gasteiger partial charge on any atom is 0.276 e. The normalized spacial score (nSPS) is 14.3.